The van der Waals surface area contributed by atoms with Crippen LogP contribution in [0.3, 0.4) is 0 Å². The van der Waals surface area contributed by atoms with Gasteiger partial charge in [-0.1, -0.05) is 6.92 Å². The molecule has 0 fully saturated rings. The minimum absolute atomic E-state index is 0.514. The van der Waals surface area contributed by atoms with Gasteiger partial charge in [-0.3, -0.25) is 25.7 Å². The van der Waals surface area contributed by atoms with Crippen LogP contribution in [0.2, 0.25) is 0 Å². The zero-order valence-corrected chi connectivity index (χ0v) is 8.76. The number of rotatable bonds is 5. The molecule has 1 rings (SSSR count). The van der Waals surface area contributed by atoms with E-state index >= 15 is 0 Å². The lowest BCUT2D eigenvalue weighted by Crippen LogP contribution is -1.98. The average Bonchev–Trinajstić information content (AvgIpc) is 2.34. The van der Waals surface area contributed by atoms with E-state index in [1.54, 1.807) is 6.92 Å². The van der Waals surface area contributed by atoms with Crippen LogP contribution in [-0.4, -0.2) is 16.1 Å². The number of nitrogens with zero attached hydrogens (tertiary/aromatic N) is 3. The number of hydrogen-bond acceptors (Lipinski definition) is 6. The highest BCUT2D eigenvalue weighted by Crippen LogP contribution is 2.28. The lowest BCUT2D eigenvalue weighted by atomic mass is 10.2. The Bertz CT molecular complexity index is 606. The average molecular weight is 241 g/mol. The quantitative estimate of drug-likeness (QED) is 0.483. The second kappa shape index (κ2) is 5.54. The molecule has 1 aromatic carbocycles. The van der Waals surface area contributed by atoms with Crippen LogP contribution in [0, 0.1) is 20.2 Å². The zero-order chi connectivity index (χ0) is 15.4. The van der Waals surface area contributed by atoms with E-state index in [2.05, 4.69) is 10.5 Å². The maximum Gasteiger partial charge on any atom is 0.301 e. The highest BCUT2D eigenvalue weighted by atomic mass is 16.6. The molecule has 1 aromatic rings. The predicted octanol–water partition coefficient (Wildman–Crippen LogP) is 2.31. The number of nitro groups is 2. The maximum atomic E-state index is 10.9. The topological polar surface area (TPSA) is 111 Å². The zero-order valence-electron chi connectivity index (χ0n) is 11.8. The van der Waals surface area contributed by atoms with Crippen LogP contribution in [0.5, 0.6) is 0 Å². The highest BCUT2D eigenvalue weighted by molar-refractivity contribution is 5.67. The number of hydrazone groups is 1. The molecule has 17 heavy (non-hydrogen) atoms. The largest absolute Gasteiger partial charge is 0.301 e. The van der Waals surface area contributed by atoms with Gasteiger partial charge in [0, 0.05) is 12.3 Å². The number of anilines is 1. The second-order valence-corrected chi connectivity index (χ2v) is 2.79. The van der Waals surface area contributed by atoms with Crippen molar-refractivity contribution in [2.45, 2.75) is 13.3 Å². The summed E-state index contributed by atoms with van der Waals surface area (Å²) in [4.78, 5) is 19.6. The number of nitro benzene ring substituents is 2. The summed E-state index contributed by atoms with van der Waals surface area (Å²) in [7, 11) is 0. The second-order valence-electron chi connectivity index (χ2n) is 2.79. The van der Waals surface area contributed by atoms with Crippen LogP contribution < -0.4 is 5.43 Å². The first kappa shape index (κ1) is 8.62. The Balaban J connectivity index is 3.62. The van der Waals surface area contributed by atoms with Crippen molar-refractivity contribution in [1.82, 2.24) is 0 Å². The standard InChI is InChI=1S/C9H10N4O4/c1-2-5-10-11-8-4-3-7(12(14)15)6-9(8)13(16)17/h3-6,11H,2H2,1H3/b10-5-/i3D,4D,6D. The van der Waals surface area contributed by atoms with E-state index in [0.717, 1.165) is 0 Å². The summed E-state index contributed by atoms with van der Waals surface area (Å²) in [6.07, 6.45) is 1.88. The first-order valence-electron chi connectivity index (χ1n) is 6.02. The van der Waals surface area contributed by atoms with Crippen molar-refractivity contribution in [3.05, 3.63) is 38.4 Å². The minimum Gasteiger partial charge on any atom is -0.272 e. The molecule has 90 valence electrons. The van der Waals surface area contributed by atoms with E-state index < -0.39 is 45.0 Å². The number of nitrogens with one attached hydrogen (secondary N) is 1. The van der Waals surface area contributed by atoms with Gasteiger partial charge in [-0.05, 0) is 12.5 Å². The lowest BCUT2D eigenvalue weighted by Gasteiger charge is -2.01. The Morgan fingerprint density at radius 1 is 1.47 bits per heavy atom. The summed E-state index contributed by atoms with van der Waals surface area (Å²) in [6.45, 7) is 1.75. The van der Waals surface area contributed by atoms with Crippen LogP contribution in [0.15, 0.2) is 23.2 Å². The maximum absolute atomic E-state index is 10.9. The van der Waals surface area contributed by atoms with Gasteiger partial charge < -0.3 is 0 Å². The molecule has 0 saturated carbocycles. The van der Waals surface area contributed by atoms with Gasteiger partial charge in [0.15, 0.2) is 0 Å². The molecule has 0 spiro atoms. The van der Waals surface area contributed by atoms with Crippen molar-refractivity contribution in [2.75, 3.05) is 5.43 Å². The van der Waals surface area contributed by atoms with Crippen LogP contribution in [0.4, 0.5) is 17.1 Å². The van der Waals surface area contributed by atoms with E-state index in [9.17, 15) is 20.2 Å². The van der Waals surface area contributed by atoms with Crippen LogP contribution in [-0.2, 0) is 0 Å². The molecule has 0 atom stereocenters. The molecule has 0 aliphatic carbocycles. The monoisotopic (exact) mass is 241 g/mol. The van der Waals surface area contributed by atoms with Crippen LogP contribution in [0.25, 0.3) is 0 Å². The Morgan fingerprint density at radius 2 is 2.18 bits per heavy atom. The summed E-state index contributed by atoms with van der Waals surface area (Å²) in [5, 5.41) is 25.3. The van der Waals surface area contributed by atoms with Gasteiger partial charge in [-0.25, -0.2) is 0 Å². The molecule has 0 heterocycles. The molecule has 0 unspecified atom stereocenters. The third-order valence-corrected chi connectivity index (χ3v) is 1.59. The third-order valence-electron chi connectivity index (χ3n) is 1.59. The Hall–Kier alpha value is -2.51. The molecule has 0 amide bonds. The fraction of sp³-hybridized carbons (Fsp3) is 0.222. The van der Waals surface area contributed by atoms with Gasteiger partial charge in [0.05, 0.1) is 20.0 Å². The van der Waals surface area contributed by atoms with Crippen molar-refractivity contribution in [1.29, 1.82) is 0 Å². The van der Waals surface area contributed by atoms with Crippen molar-refractivity contribution in [3.63, 3.8) is 0 Å². The molecule has 8 heteroatoms. The van der Waals surface area contributed by atoms with Crippen molar-refractivity contribution in [3.8, 4) is 0 Å². The summed E-state index contributed by atoms with van der Waals surface area (Å²) in [5.41, 5.74) is -0.354. The SMILES string of the molecule is [2H]c1c([2H])c([N+](=O)[O-])c([2H])c([N+](=O)[O-])c1N/N=C\CC. The van der Waals surface area contributed by atoms with E-state index in [4.69, 9.17) is 4.11 Å². The Morgan fingerprint density at radius 3 is 2.71 bits per heavy atom. The molecular formula is C9H10N4O4. The Kier molecular flexibility index (Phi) is 2.81. The highest BCUT2D eigenvalue weighted by Gasteiger charge is 2.18. The predicted molar refractivity (Wildman–Crippen MR) is 62.2 cm³/mol. The fourth-order valence-corrected chi connectivity index (χ4v) is 0.897. The first-order valence-corrected chi connectivity index (χ1v) is 4.52. The van der Waals surface area contributed by atoms with Crippen molar-refractivity contribution >= 4 is 23.3 Å². The molecule has 0 aliphatic rings. The summed E-state index contributed by atoms with van der Waals surface area (Å²) < 4.78 is 22.5. The molecule has 0 radical (unpaired) electrons. The van der Waals surface area contributed by atoms with Crippen molar-refractivity contribution < 1.29 is 14.0 Å². The smallest absolute Gasteiger partial charge is 0.272 e. The van der Waals surface area contributed by atoms with Gasteiger partial charge in [0.2, 0.25) is 0 Å². The molecular weight excluding hydrogens is 228 g/mol. The summed E-state index contributed by atoms with van der Waals surface area (Å²) >= 11 is 0. The van der Waals surface area contributed by atoms with Gasteiger partial charge in [0.1, 0.15) is 5.69 Å². The molecule has 1 N–H and O–H groups in total. The fourth-order valence-electron chi connectivity index (χ4n) is 0.897. The first-order chi connectivity index (χ1) is 9.32. The van der Waals surface area contributed by atoms with Crippen LogP contribution in [0.1, 0.15) is 17.5 Å². The normalized spacial score (nSPS) is 12.9. The molecule has 0 bridgehead atoms. The summed E-state index contributed by atoms with van der Waals surface area (Å²) in [6, 6.07) is -2.66. The summed E-state index contributed by atoms with van der Waals surface area (Å²) in [5.74, 6) is 0. The van der Waals surface area contributed by atoms with E-state index in [0.29, 0.717) is 6.42 Å². The van der Waals surface area contributed by atoms with E-state index in [1.807, 2.05) is 0 Å². The van der Waals surface area contributed by atoms with Crippen molar-refractivity contribution in [2.24, 2.45) is 5.10 Å². The molecule has 8 nitrogen and oxygen atoms in total. The van der Waals surface area contributed by atoms with Gasteiger partial charge in [0.25, 0.3) is 5.69 Å². The van der Waals surface area contributed by atoms with Gasteiger partial charge in [-0.2, -0.15) is 5.10 Å². The third kappa shape index (κ3) is 3.23. The minimum atomic E-state index is -1.09. The number of benzene rings is 1. The van der Waals surface area contributed by atoms with Gasteiger partial charge >= 0.3 is 5.69 Å². The van der Waals surface area contributed by atoms with Gasteiger partial charge in [-0.15, -0.1) is 0 Å². The van der Waals surface area contributed by atoms with E-state index in [1.165, 1.54) is 6.21 Å². The lowest BCUT2D eigenvalue weighted by molar-refractivity contribution is -0.393. The Labute approximate surface area is 100 Å². The molecule has 0 saturated heterocycles. The van der Waals surface area contributed by atoms with Crippen LogP contribution >= 0.6 is 0 Å². The number of hydrogen-bond donors (Lipinski definition) is 1. The molecule has 0 aromatic heterocycles. The molecule has 0 aliphatic heterocycles. The van der Waals surface area contributed by atoms with E-state index in [-0.39, 0.29) is 0 Å².